The Hall–Kier alpha value is -1.43. The highest BCUT2D eigenvalue weighted by atomic mass is 16.2. The van der Waals surface area contributed by atoms with E-state index in [-0.39, 0.29) is 23.3 Å². The SMILES string of the molecule is CC(C)(C)N1CCC(NC(=O)c2ncn[nH]2)CC1. The van der Waals surface area contributed by atoms with Gasteiger partial charge < -0.3 is 5.32 Å². The maximum absolute atomic E-state index is 11.8. The first-order chi connectivity index (χ1) is 8.47. The van der Waals surface area contributed by atoms with Crippen molar-refractivity contribution >= 4 is 5.91 Å². The lowest BCUT2D eigenvalue weighted by Gasteiger charge is -2.40. The maximum Gasteiger partial charge on any atom is 0.288 e. The highest BCUT2D eigenvalue weighted by Gasteiger charge is 2.27. The Labute approximate surface area is 107 Å². The summed E-state index contributed by atoms with van der Waals surface area (Å²) in [7, 11) is 0. The molecule has 0 spiro atoms. The van der Waals surface area contributed by atoms with Crippen LogP contribution >= 0.6 is 0 Å². The summed E-state index contributed by atoms with van der Waals surface area (Å²) in [4.78, 5) is 18.1. The molecule has 0 aliphatic carbocycles. The van der Waals surface area contributed by atoms with Crippen LogP contribution in [0.2, 0.25) is 0 Å². The number of carbonyl (C=O) groups is 1. The first kappa shape index (κ1) is 13.0. The summed E-state index contributed by atoms with van der Waals surface area (Å²) in [5, 5.41) is 9.25. The van der Waals surface area contributed by atoms with E-state index in [9.17, 15) is 4.79 Å². The number of likely N-dealkylation sites (tertiary alicyclic amines) is 1. The van der Waals surface area contributed by atoms with E-state index in [4.69, 9.17) is 0 Å². The van der Waals surface area contributed by atoms with Crippen molar-refractivity contribution in [2.45, 2.75) is 45.2 Å². The fourth-order valence-corrected chi connectivity index (χ4v) is 2.26. The second kappa shape index (κ2) is 5.06. The number of H-pyrrole nitrogens is 1. The van der Waals surface area contributed by atoms with Crippen LogP contribution in [-0.2, 0) is 0 Å². The fraction of sp³-hybridized carbons (Fsp3) is 0.750. The average Bonchev–Trinajstić information content (AvgIpc) is 2.82. The number of aromatic nitrogens is 3. The highest BCUT2D eigenvalue weighted by molar-refractivity contribution is 5.90. The standard InChI is InChI=1S/C12H21N5O/c1-12(2,3)17-6-4-9(5-7-17)15-11(18)10-13-8-14-16-10/h8-9H,4-7H2,1-3H3,(H,15,18)(H,13,14,16). The van der Waals surface area contributed by atoms with Gasteiger partial charge in [0.1, 0.15) is 6.33 Å². The molecular formula is C12H21N5O. The van der Waals surface area contributed by atoms with Crippen molar-refractivity contribution in [3.05, 3.63) is 12.2 Å². The van der Waals surface area contributed by atoms with Crippen molar-refractivity contribution in [3.8, 4) is 0 Å². The Morgan fingerprint density at radius 3 is 2.61 bits per heavy atom. The summed E-state index contributed by atoms with van der Waals surface area (Å²) in [6.07, 6.45) is 3.31. The van der Waals surface area contributed by atoms with Crippen molar-refractivity contribution in [2.75, 3.05) is 13.1 Å². The van der Waals surface area contributed by atoms with Crippen molar-refractivity contribution in [1.82, 2.24) is 25.4 Å². The summed E-state index contributed by atoms with van der Waals surface area (Å²) in [6.45, 7) is 8.71. The Morgan fingerprint density at radius 1 is 1.44 bits per heavy atom. The first-order valence-corrected chi connectivity index (χ1v) is 6.38. The van der Waals surface area contributed by atoms with Gasteiger partial charge in [0.15, 0.2) is 0 Å². The number of hydrogen-bond donors (Lipinski definition) is 2. The van der Waals surface area contributed by atoms with Gasteiger partial charge in [-0.3, -0.25) is 14.8 Å². The van der Waals surface area contributed by atoms with Crippen LogP contribution in [0.3, 0.4) is 0 Å². The zero-order valence-electron chi connectivity index (χ0n) is 11.2. The fourth-order valence-electron chi connectivity index (χ4n) is 2.26. The molecule has 2 rings (SSSR count). The average molecular weight is 251 g/mol. The molecule has 0 unspecified atom stereocenters. The molecule has 2 N–H and O–H groups in total. The molecule has 1 fully saturated rings. The Bertz CT molecular complexity index is 387. The van der Waals surface area contributed by atoms with Gasteiger partial charge in [-0.15, -0.1) is 0 Å². The molecule has 1 amide bonds. The van der Waals surface area contributed by atoms with Crippen LogP contribution in [-0.4, -0.2) is 50.7 Å². The Morgan fingerprint density at radius 2 is 2.11 bits per heavy atom. The zero-order valence-corrected chi connectivity index (χ0v) is 11.2. The number of aromatic amines is 1. The minimum atomic E-state index is -0.165. The van der Waals surface area contributed by atoms with Crippen molar-refractivity contribution in [1.29, 1.82) is 0 Å². The van der Waals surface area contributed by atoms with Gasteiger partial charge in [0.25, 0.3) is 5.91 Å². The van der Waals surface area contributed by atoms with Crippen LogP contribution in [0.5, 0.6) is 0 Å². The van der Waals surface area contributed by atoms with Gasteiger partial charge in [-0.2, -0.15) is 5.10 Å². The van der Waals surface area contributed by atoms with E-state index in [1.54, 1.807) is 0 Å². The normalized spacial score (nSPS) is 18.8. The Balaban J connectivity index is 1.82. The molecule has 0 aromatic carbocycles. The van der Waals surface area contributed by atoms with Gasteiger partial charge in [-0.25, -0.2) is 4.98 Å². The third kappa shape index (κ3) is 3.07. The summed E-state index contributed by atoms with van der Waals surface area (Å²) in [5.41, 5.74) is 0.208. The third-order valence-electron chi connectivity index (χ3n) is 3.41. The number of nitrogens with zero attached hydrogens (tertiary/aromatic N) is 3. The quantitative estimate of drug-likeness (QED) is 0.815. The van der Waals surface area contributed by atoms with Crippen LogP contribution in [0.4, 0.5) is 0 Å². The summed E-state index contributed by atoms with van der Waals surface area (Å²) < 4.78 is 0. The molecule has 0 saturated carbocycles. The molecule has 1 aromatic heterocycles. The Kier molecular flexibility index (Phi) is 3.65. The predicted molar refractivity (Wildman–Crippen MR) is 68.2 cm³/mol. The molecule has 0 atom stereocenters. The van der Waals surface area contributed by atoms with Gasteiger partial charge in [0, 0.05) is 24.7 Å². The monoisotopic (exact) mass is 251 g/mol. The molecule has 2 heterocycles. The topological polar surface area (TPSA) is 73.9 Å². The number of amides is 1. The minimum Gasteiger partial charge on any atom is -0.347 e. The number of carbonyl (C=O) groups excluding carboxylic acids is 1. The molecular weight excluding hydrogens is 230 g/mol. The highest BCUT2D eigenvalue weighted by Crippen LogP contribution is 2.20. The van der Waals surface area contributed by atoms with Gasteiger partial charge in [-0.1, -0.05) is 0 Å². The van der Waals surface area contributed by atoms with Gasteiger partial charge in [0.05, 0.1) is 0 Å². The number of hydrogen-bond acceptors (Lipinski definition) is 4. The van der Waals surface area contributed by atoms with E-state index in [1.165, 1.54) is 6.33 Å². The molecule has 1 aliphatic heterocycles. The molecule has 1 aromatic rings. The molecule has 1 saturated heterocycles. The molecule has 6 nitrogen and oxygen atoms in total. The van der Waals surface area contributed by atoms with Crippen molar-refractivity contribution in [2.24, 2.45) is 0 Å². The van der Waals surface area contributed by atoms with Crippen LogP contribution in [0.1, 0.15) is 44.2 Å². The number of nitrogens with one attached hydrogen (secondary N) is 2. The van der Waals surface area contributed by atoms with Crippen LogP contribution in [0.25, 0.3) is 0 Å². The predicted octanol–water partition coefficient (Wildman–Crippen LogP) is 0.797. The van der Waals surface area contributed by atoms with E-state index < -0.39 is 0 Å². The molecule has 0 bridgehead atoms. The van der Waals surface area contributed by atoms with E-state index >= 15 is 0 Å². The lowest BCUT2D eigenvalue weighted by molar-refractivity contribution is 0.0805. The molecule has 1 aliphatic rings. The second-order valence-corrected chi connectivity index (χ2v) is 5.74. The molecule has 0 radical (unpaired) electrons. The minimum absolute atomic E-state index is 0.165. The summed E-state index contributed by atoms with van der Waals surface area (Å²) >= 11 is 0. The van der Waals surface area contributed by atoms with E-state index in [0.29, 0.717) is 0 Å². The largest absolute Gasteiger partial charge is 0.347 e. The van der Waals surface area contributed by atoms with Crippen LogP contribution < -0.4 is 5.32 Å². The van der Waals surface area contributed by atoms with Gasteiger partial charge >= 0.3 is 0 Å². The third-order valence-corrected chi connectivity index (χ3v) is 3.41. The number of rotatable bonds is 2. The van der Waals surface area contributed by atoms with E-state index in [1.807, 2.05) is 0 Å². The second-order valence-electron chi connectivity index (χ2n) is 5.74. The molecule has 100 valence electrons. The zero-order chi connectivity index (χ0) is 13.2. The summed E-state index contributed by atoms with van der Waals surface area (Å²) in [6, 6.07) is 0.237. The van der Waals surface area contributed by atoms with Crippen molar-refractivity contribution in [3.63, 3.8) is 0 Å². The van der Waals surface area contributed by atoms with E-state index in [0.717, 1.165) is 25.9 Å². The van der Waals surface area contributed by atoms with Gasteiger partial charge in [0.2, 0.25) is 5.82 Å². The maximum atomic E-state index is 11.8. The summed E-state index contributed by atoms with van der Waals surface area (Å²) in [5.74, 6) is 0.120. The van der Waals surface area contributed by atoms with Crippen LogP contribution in [0, 0.1) is 0 Å². The lowest BCUT2D eigenvalue weighted by Crippen LogP contribution is -2.50. The smallest absolute Gasteiger partial charge is 0.288 e. The molecule has 18 heavy (non-hydrogen) atoms. The number of piperidine rings is 1. The molecule has 6 heteroatoms. The van der Waals surface area contributed by atoms with Crippen molar-refractivity contribution < 1.29 is 4.79 Å². The lowest BCUT2D eigenvalue weighted by atomic mass is 9.98. The van der Waals surface area contributed by atoms with Gasteiger partial charge in [-0.05, 0) is 33.6 Å². The first-order valence-electron chi connectivity index (χ1n) is 6.38. The van der Waals surface area contributed by atoms with E-state index in [2.05, 4.69) is 46.2 Å². The van der Waals surface area contributed by atoms with Crippen LogP contribution in [0.15, 0.2) is 6.33 Å².